The van der Waals surface area contributed by atoms with E-state index >= 15 is 0 Å². The van der Waals surface area contributed by atoms with Crippen LogP contribution in [0.1, 0.15) is 87.3 Å². The number of rotatable bonds is 5. The van der Waals surface area contributed by atoms with Crippen LogP contribution in [0.15, 0.2) is 9.05 Å². The molecular weight excluding hydrogens is 294 g/mol. The molecule has 0 amide bonds. The van der Waals surface area contributed by atoms with Gasteiger partial charge >= 0.3 is 0 Å². The van der Waals surface area contributed by atoms with E-state index in [1.807, 2.05) is 0 Å². The van der Waals surface area contributed by atoms with Crippen molar-refractivity contribution in [3.05, 3.63) is 23.4 Å². The molecule has 124 valence electrons. The molecule has 7 heteroatoms. The van der Waals surface area contributed by atoms with E-state index in [1.54, 1.807) is 0 Å². The van der Waals surface area contributed by atoms with Crippen molar-refractivity contribution in [1.82, 2.24) is 25.2 Å². The van der Waals surface area contributed by atoms with Gasteiger partial charge in [0, 0.05) is 11.8 Å². The average molecular weight is 317 g/mol. The number of nitrogens with zero attached hydrogens (tertiary/aromatic N) is 5. The lowest BCUT2D eigenvalue weighted by Gasteiger charge is -2.31. The van der Waals surface area contributed by atoms with Crippen LogP contribution < -0.4 is 0 Å². The predicted octanol–water partition coefficient (Wildman–Crippen LogP) is 3.18. The first kappa shape index (κ1) is 14.8. The summed E-state index contributed by atoms with van der Waals surface area (Å²) in [5.41, 5.74) is 0. The molecule has 0 spiro atoms. The van der Waals surface area contributed by atoms with Gasteiger partial charge in [-0.05, 0) is 32.2 Å². The first-order valence-electron chi connectivity index (χ1n) is 8.60. The largest absolute Gasteiger partial charge is 0.338 e. The quantitative estimate of drug-likeness (QED) is 0.837. The van der Waals surface area contributed by atoms with Crippen LogP contribution in [0.4, 0.5) is 0 Å². The monoisotopic (exact) mass is 317 g/mol. The normalized spacial score (nSPS) is 22.8. The van der Waals surface area contributed by atoms with Crippen LogP contribution in [0.3, 0.4) is 0 Å². The van der Waals surface area contributed by atoms with Crippen molar-refractivity contribution >= 4 is 0 Å². The first-order chi connectivity index (χ1) is 11.2. The Morgan fingerprint density at radius 3 is 2.70 bits per heavy atom. The van der Waals surface area contributed by atoms with Crippen LogP contribution in [0.5, 0.6) is 0 Å². The molecule has 0 aromatic carbocycles. The molecule has 0 N–H and O–H groups in total. The summed E-state index contributed by atoms with van der Waals surface area (Å²) in [6.07, 6.45) is 5.77. The van der Waals surface area contributed by atoms with Crippen LogP contribution >= 0.6 is 0 Å². The Kier molecular flexibility index (Phi) is 3.88. The molecule has 3 heterocycles. The third-order valence-corrected chi connectivity index (χ3v) is 4.64. The van der Waals surface area contributed by atoms with E-state index in [4.69, 9.17) is 9.05 Å². The van der Waals surface area contributed by atoms with Gasteiger partial charge in [-0.25, -0.2) is 0 Å². The summed E-state index contributed by atoms with van der Waals surface area (Å²) < 4.78 is 10.9. The third-order valence-electron chi connectivity index (χ3n) is 4.64. The average Bonchev–Trinajstić information content (AvgIpc) is 3.10. The number of piperidine rings is 1. The zero-order valence-electron chi connectivity index (χ0n) is 13.7. The van der Waals surface area contributed by atoms with Crippen molar-refractivity contribution in [2.75, 3.05) is 6.54 Å². The smallest absolute Gasteiger partial charge is 0.244 e. The van der Waals surface area contributed by atoms with Gasteiger partial charge < -0.3 is 9.05 Å². The number of likely N-dealkylation sites (tertiary alicyclic amines) is 1. The van der Waals surface area contributed by atoms with Crippen LogP contribution in [-0.4, -0.2) is 31.7 Å². The molecule has 1 aliphatic heterocycles. The molecule has 0 radical (unpaired) electrons. The molecule has 1 saturated carbocycles. The van der Waals surface area contributed by atoms with Crippen molar-refractivity contribution in [3.63, 3.8) is 0 Å². The van der Waals surface area contributed by atoms with E-state index in [-0.39, 0.29) is 12.0 Å². The molecule has 7 nitrogen and oxygen atoms in total. The highest BCUT2D eigenvalue weighted by Gasteiger charge is 2.33. The molecular formula is C16H23N5O2. The predicted molar refractivity (Wildman–Crippen MR) is 81.7 cm³/mol. The maximum atomic E-state index is 5.55. The molecule has 0 bridgehead atoms. The van der Waals surface area contributed by atoms with Crippen LogP contribution in [0.25, 0.3) is 0 Å². The molecule has 2 fully saturated rings. The highest BCUT2D eigenvalue weighted by Crippen LogP contribution is 2.39. The maximum absolute atomic E-state index is 5.55. The Morgan fingerprint density at radius 1 is 1.09 bits per heavy atom. The van der Waals surface area contributed by atoms with E-state index < -0.39 is 0 Å². The van der Waals surface area contributed by atoms with Crippen molar-refractivity contribution in [3.8, 4) is 0 Å². The maximum Gasteiger partial charge on any atom is 0.244 e. The minimum atomic E-state index is 0.165. The Bertz CT molecular complexity index is 661. The molecule has 2 aliphatic rings. The van der Waals surface area contributed by atoms with Crippen molar-refractivity contribution < 1.29 is 9.05 Å². The van der Waals surface area contributed by atoms with Crippen molar-refractivity contribution in [2.24, 2.45) is 0 Å². The molecule has 2 aromatic heterocycles. The van der Waals surface area contributed by atoms with Crippen LogP contribution in [0.2, 0.25) is 0 Å². The number of hydrogen-bond acceptors (Lipinski definition) is 7. The highest BCUT2D eigenvalue weighted by atomic mass is 16.5. The van der Waals surface area contributed by atoms with Gasteiger partial charge in [0.15, 0.2) is 11.6 Å². The summed E-state index contributed by atoms with van der Waals surface area (Å²) in [6.45, 7) is 5.77. The zero-order valence-corrected chi connectivity index (χ0v) is 13.7. The van der Waals surface area contributed by atoms with E-state index in [0.29, 0.717) is 18.4 Å². The second-order valence-electron chi connectivity index (χ2n) is 6.95. The summed E-state index contributed by atoms with van der Waals surface area (Å²) in [6, 6.07) is 0.165. The number of hydrogen-bond donors (Lipinski definition) is 0. The minimum Gasteiger partial charge on any atom is -0.338 e. The van der Waals surface area contributed by atoms with E-state index in [2.05, 4.69) is 39.0 Å². The van der Waals surface area contributed by atoms with Crippen LogP contribution in [-0.2, 0) is 6.54 Å². The molecule has 4 rings (SSSR count). The van der Waals surface area contributed by atoms with E-state index in [9.17, 15) is 0 Å². The second kappa shape index (κ2) is 6.03. The van der Waals surface area contributed by atoms with Gasteiger partial charge in [0.05, 0.1) is 12.6 Å². The van der Waals surface area contributed by atoms with Gasteiger partial charge in [0.25, 0.3) is 0 Å². The lowest BCUT2D eigenvalue weighted by atomic mass is 10.0. The van der Waals surface area contributed by atoms with Crippen molar-refractivity contribution in [2.45, 2.75) is 70.4 Å². The Morgan fingerprint density at radius 2 is 1.96 bits per heavy atom. The molecule has 1 atom stereocenters. The van der Waals surface area contributed by atoms with Crippen molar-refractivity contribution in [1.29, 1.82) is 0 Å². The Balaban J connectivity index is 1.49. The number of aromatic nitrogens is 4. The zero-order chi connectivity index (χ0) is 15.8. The minimum absolute atomic E-state index is 0.165. The van der Waals surface area contributed by atoms with E-state index in [1.165, 1.54) is 25.7 Å². The fourth-order valence-electron chi connectivity index (χ4n) is 3.09. The lowest BCUT2D eigenvalue weighted by molar-refractivity contribution is 0.0985. The molecule has 23 heavy (non-hydrogen) atoms. The van der Waals surface area contributed by atoms with Gasteiger partial charge in [0.2, 0.25) is 11.8 Å². The van der Waals surface area contributed by atoms with Gasteiger partial charge in [-0.2, -0.15) is 9.97 Å². The van der Waals surface area contributed by atoms with Gasteiger partial charge in [0.1, 0.15) is 0 Å². The van der Waals surface area contributed by atoms with Crippen LogP contribution in [0, 0.1) is 0 Å². The summed E-state index contributed by atoms with van der Waals surface area (Å²) in [5, 5.41) is 8.21. The van der Waals surface area contributed by atoms with E-state index in [0.717, 1.165) is 30.5 Å². The first-order valence-corrected chi connectivity index (χ1v) is 8.60. The molecule has 1 aliphatic carbocycles. The fourth-order valence-corrected chi connectivity index (χ4v) is 3.09. The summed E-state index contributed by atoms with van der Waals surface area (Å²) in [4.78, 5) is 11.4. The fraction of sp³-hybridized carbons (Fsp3) is 0.750. The molecule has 1 saturated heterocycles. The summed E-state index contributed by atoms with van der Waals surface area (Å²) in [5.74, 6) is 3.86. The standard InChI is InChI=1S/C16H23N5O2/c1-10(2)14-17-13(22-19-14)9-21-8-4-3-5-12(21)16-18-15(20-23-16)11-6-7-11/h10-12H,3-9H2,1-2H3. The lowest BCUT2D eigenvalue weighted by Crippen LogP contribution is -2.33. The van der Waals surface area contributed by atoms with Gasteiger partial charge in [-0.3, -0.25) is 4.90 Å². The summed E-state index contributed by atoms with van der Waals surface area (Å²) in [7, 11) is 0. The Hall–Kier alpha value is -1.76. The van der Waals surface area contributed by atoms with Gasteiger partial charge in [-0.1, -0.05) is 30.6 Å². The molecule has 1 unspecified atom stereocenters. The highest BCUT2D eigenvalue weighted by molar-refractivity contribution is 5.05. The molecule has 2 aromatic rings. The third kappa shape index (κ3) is 3.15. The summed E-state index contributed by atoms with van der Waals surface area (Å²) >= 11 is 0. The SMILES string of the molecule is CC(C)c1noc(CN2CCCCC2c2nc(C3CC3)no2)n1. The van der Waals surface area contributed by atoms with Gasteiger partial charge in [-0.15, -0.1) is 0 Å². The topological polar surface area (TPSA) is 81.1 Å². The Labute approximate surface area is 135 Å². The second-order valence-corrected chi connectivity index (χ2v) is 6.95.